The highest BCUT2D eigenvalue weighted by atomic mass is 79.9. The van der Waals surface area contributed by atoms with Crippen molar-refractivity contribution in [3.8, 4) is 39.1 Å². The third-order valence-electron chi connectivity index (χ3n) is 6.42. The average molecular weight is 451 g/mol. The van der Waals surface area contributed by atoms with E-state index in [1.807, 2.05) is 18.2 Å². The molecule has 0 fully saturated rings. The molecule has 0 atom stereocenters. The summed E-state index contributed by atoms with van der Waals surface area (Å²) in [5.41, 5.74) is 9.67. The van der Waals surface area contributed by atoms with Gasteiger partial charge in [0.05, 0.1) is 4.47 Å². The molecule has 5 aromatic carbocycles. The Morgan fingerprint density at radius 3 is 2.20 bits per heavy atom. The van der Waals surface area contributed by atoms with Crippen LogP contribution in [0.25, 0.3) is 54.9 Å². The SMILES string of the molecule is Cc1cc2c3c(c(C)ccc3c1-c1c(O)c(Br)cc3ccccc13)-c1ccccc1-2. The number of aryl methyl sites for hydroxylation is 2. The molecule has 0 amide bonds. The molecule has 0 aliphatic heterocycles. The zero-order chi connectivity index (χ0) is 20.6. The first-order valence-electron chi connectivity index (χ1n) is 10.1. The Hall–Kier alpha value is -3.10. The predicted molar refractivity (Wildman–Crippen MR) is 130 cm³/mol. The van der Waals surface area contributed by atoms with Gasteiger partial charge in [0.2, 0.25) is 0 Å². The van der Waals surface area contributed by atoms with Crippen molar-refractivity contribution in [1.82, 2.24) is 0 Å². The minimum atomic E-state index is 0.296. The van der Waals surface area contributed by atoms with Crippen LogP contribution in [-0.4, -0.2) is 5.11 Å². The fraction of sp³-hybridized carbons (Fsp3) is 0.0714. The van der Waals surface area contributed by atoms with Crippen molar-refractivity contribution in [2.75, 3.05) is 0 Å². The summed E-state index contributed by atoms with van der Waals surface area (Å²) in [6.45, 7) is 4.34. The molecule has 30 heavy (non-hydrogen) atoms. The lowest BCUT2D eigenvalue weighted by atomic mass is 9.87. The zero-order valence-corrected chi connectivity index (χ0v) is 18.3. The molecule has 6 rings (SSSR count). The van der Waals surface area contributed by atoms with Crippen molar-refractivity contribution in [3.63, 3.8) is 0 Å². The van der Waals surface area contributed by atoms with Gasteiger partial charge in [-0.15, -0.1) is 0 Å². The fourth-order valence-electron chi connectivity index (χ4n) is 5.15. The molecule has 0 unspecified atom stereocenters. The van der Waals surface area contributed by atoms with E-state index in [4.69, 9.17) is 0 Å². The zero-order valence-electron chi connectivity index (χ0n) is 16.8. The first-order valence-corrected chi connectivity index (χ1v) is 10.9. The molecule has 1 aliphatic carbocycles. The van der Waals surface area contributed by atoms with E-state index in [2.05, 4.69) is 84.4 Å². The first-order chi connectivity index (χ1) is 14.6. The number of hydrogen-bond donors (Lipinski definition) is 1. The molecule has 2 heteroatoms. The van der Waals surface area contributed by atoms with Crippen molar-refractivity contribution < 1.29 is 5.11 Å². The van der Waals surface area contributed by atoms with Crippen molar-refractivity contribution in [2.24, 2.45) is 0 Å². The van der Waals surface area contributed by atoms with Crippen LogP contribution in [0.15, 0.2) is 77.3 Å². The van der Waals surface area contributed by atoms with Gasteiger partial charge in [0.25, 0.3) is 0 Å². The van der Waals surface area contributed by atoms with Gasteiger partial charge < -0.3 is 5.11 Å². The van der Waals surface area contributed by atoms with Gasteiger partial charge in [0.15, 0.2) is 0 Å². The van der Waals surface area contributed by atoms with Crippen LogP contribution in [-0.2, 0) is 0 Å². The number of aromatic hydroxyl groups is 1. The quantitative estimate of drug-likeness (QED) is 0.266. The standard InChI is InChI=1S/C28H19BrO/c1-15-11-12-21-25(27-18-8-4-3-7-17(18)14-23(29)28(27)30)16(2)13-22-19-9-5-6-10-20(19)24(15)26(21)22/h3-14,30H,1-2H3. The van der Waals surface area contributed by atoms with E-state index >= 15 is 0 Å². The van der Waals surface area contributed by atoms with E-state index in [-0.39, 0.29) is 0 Å². The monoisotopic (exact) mass is 450 g/mol. The van der Waals surface area contributed by atoms with Crippen LogP contribution in [0.2, 0.25) is 0 Å². The van der Waals surface area contributed by atoms with E-state index in [0.29, 0.717) is 5.75 Å². The van der Waals surface area contributed by atoms with Crippen molar-refractivity contribution in [1.29, 1.82) is 0 Å². The molecule has 0 saturated carbocycles. The molecule has 5 aromatic rings. The molecule has 1 aliphatic rings. The van der Waals surface area contributed by atoms with Gasteiger partial charge in [-0.1, -0.05) is 66.7 Å². The first kappa shape index (κ1) is 17.7. The molecule has 0 spiro atoms. The minimum absolute atomic E-state index is 0.296. The summed E-state index contributed by atoms with van der Waals surface area (Å²) in [4.78, 5) is 0. The lowest BCUT2D eigenvalue weighted by Crippen LogP contribution is -1.92. The summed E-state index contributed by atoms with van der Waals surface area (Å²) in [7, 11) is 0. The van der Waals surface area contributed by atoms with Crippen LogP contribution in [0, 0.1) is 13.8 Å². The van der Waals surface area contributed by atoms with E-state index < -0.39 is 0 Å². The molecule has 0 saturated heterocycles. The number of phenolic OH excluding ortho intramolecular Hbond substituents is 1. The maximum absolute atomic E-state index is 11.2. The third-order valence-corrected chi connectivity index (χ3v) is 7.02. The number of rotatable bonds is 1. The van der Waals surface area contributed by atoms with Crippen molar-refractivity contribution >= 4 is 37.5 Å². The van der Waals surface area contributed by atoms with Crippen LogP contribution in [0.5, 0.6) is 5.75 Å². The lowest BCUT2D eigenvalue weighted by Gasteiger charge is -2.18. The number of halogens is 1. The van der Waals surface area contributed by atoms with Gasteiger partial charge in [-0.2, -0.15) is 0 Å². The maximum atomic E-state index is 11.2. The molecule has 144 valence electrons. The number of hydrogen-bond acceptors (Lipinski definition) is 1. The molecule has 1 N–H and O–H groups in total. The second-order valence-corrected chi connectivity index (χ2v) is 9.00. The second kappa shape index (κ2) is 6.20. The Labute approximate surface area is 183 Å². The molecule has 0 heterocycles. The van der Waals surface area contributed by atoms with E-state index in [1.54, 1.807) is 0 Å². The molecular weight excluding hydrogens is 432 g/mol. The topological polar surface area (TPSA) is 20.2 Å². The number of phenols is 1. The van der Waals surface area contributed by atoms with Crippen molar-refractivity contribution in [3.05, 3.63) is 88.4 Å². The highest BCUT2D eigenvalue weighted by Gasteiger charge is 2.26. The van der Waals surface area contributed by atoms with Gasteiger partial charge in [-0.3, -0.25) is 0 Å². The van der Waals surface area contributed by atoms with Crippen LogP contribution >= 0.6 is 15.9 Å². The smallest absolute Gasteiger partial charge is 0.138 e. The van der Waals surface area contributed by atoms with Crippen LogP contribution in [0.1, 0.15) is 11.1 Å². The average Bonchev–Trinajstić information content (AvgIpc) is 3.08. The van der Waals surface area contributed by atoms with Gasteiger partial charge >= 0.3 is 0 Å². The van der Waals surface area contributed by atoms with Gasteiger partial charge in [0.1, 0.15) is 5.75 Å². The summed E-state index contributed by atoms with van der Waals surface area (Å²) in [6.07, 6.45) is 0. The second-order valence-electron chi connectivity index (χ2n) is 8.14. The number of fused-ring (bicyclic) bond motifs is 4. The Bertz CT molecular complexity index is 1530. The normalized spacial score (nSPS) is 12.0. The van der Waals surface area contributed by atoms with Crippen LogP contribution < -0.4 is 0 Å². The highest BCUT2D eigenvalue weighted by molar-refractivity contribution is 9.10. The van der Waals surface area contributed by atoms with Crippen molar-refractivity contribution in [2.45, 2.75) is 13.8 Å². The largest absolute Gasteiger partial charge is 0.506 e. The molecular formula is C28H19BrO. The summed E-state index contributed by atoms with van der Waals surface area (Å²) < 4.78 is 0.721. The third kappa shape index (κ3) is 2.23. The fourth-order valence-corrected chi connectivity index (χ4v) is 5.60. The van der Waals surface area contributed by atoms with E-state index in [9.17, 15) is 5.11 Å². The molecule has 1 nitrogen and oxygen atoms in total. The Balaban J connectivity index is 1.84. The van der Waals surface area contributed by atoms with Crippen LogP contribution in [0.3, 0.4) is 0 Å². The number of benzene rings is 5. The molecule has 0 radical (unpaired) electrons. The summed E-state index contributed by atoms with van der Waals surface area (Å²) >= 11 is 3.58. The Morgan fingerprint density at radius 1 is 0.633 bits per heavy atom. The van der Waals surface area contributed by atoms with Gasteiger partial charge in [0, 0.05) is 5.56 Å². The lowest BCUT2D eigenvalue weighted by molar-refractivity contribution is 0.475. The van der Waals surface area contributed by atoms with E-state index in [1.165, 1.54) is 44.2 Å². The minimum Gasteiger partial charge on any atom is -0.506 e. The van der Waals surface area contributed by atoms with Gasteiger partial charge in [-0.25, -0.2) is 0 Å². The van der Waals surface area contributed by atoms with E-state index in [0.717, 1.165) is 26.4 Å². The summed E-state index contributed by atoms with van der Waals surface area (Å²) in [6, 6.07) is 25.7. The summed E-state index contributed by atoms with van der Waals surface area (Å²) in [5, 5.41) is 15.8. The van der Waals surface area contributed by atoms with Crippen LogP contribution in [0.4, 0.5) is 0 Å². The molecule has 0 aromatic heterocycles. The highest BCUT2D eigenvalue weighted by Crippen LogP contribution is 2.53. The Kier molecular flexibility index (Phi) is 3.66. The Morgan fingerprint density at radius 2 is 1.37 bits per heavy atom. The summed E-state index contributed by atoms with van der Waals surface area (Å²) in [5.74, 6) is 0.296. The molecule has 0 bridgehead atoms. The van der Waals surface area contributed by atoms with Gasteiger partial charge in [-0.05, 0) is 96.3 Å². The maximum Gasteiger partial charge on any atom is 0.138 e. The predicted octanol–water partition coefficient (Wildman–Crippen LogP) is 8.39.